The van der Waals surface area contributed by atoms with Gasteiger partial charge in [-0.15, -0.1) is 0 Å². The highest BCUT2D eigenvalue weighted by Crippen LogP contribution is 2.62. The summed E-state index contributed by atoms with van der Waals surface area (Å²) in [6, 6.07) is 0. The third kappa shape index (κ3) is 1.76. The van der Waals surface area contributed by atoms with Crippen LogP contribution in [-0.2, 0) is 4.79 Å². The normalized spacial score (nSPS) is 55.0. The van der Waals surface area contributed by atoms with Gasteiger partial charge in [0.1, 0.15) is 5.78 Å². The quantitative estimate of drug-likeness (QED) is 0.734. The number of rotatable bonds is 0. The van der Waals surface area contributed by atoms with E-state index in [2.05, 4.69) is 6.92 Å². The van der Waals surface area contributed by atoms with E-state index in [1.165, 1.54) is 32.1 Å². The molecule has 4 fully saturated rings. The molecule has 20 heavy (non-hydrogen) atoms. The molecule has 0 bridgehead atoms. The second-order valence-electron chi connectivity index (χ2n) is 8.35. The van der Waals surface area contributed by atoms with Crippen LogP contribution in [0.5, 0.6) is 0 Å². The first-order chi connectivity index (χ1) is 9.59. The molecule has 2 nitrogen and oxygen atoms in total. The van der Waals surface area contributed by atoms with Crippen LogP contribution in [0, 0.1) is 35.0 Å². The van der Waals surface area contributed by atoms with Gasteiger partial charge in [0.15, 0.2) is 0 Å². The predicted octanol–water partition coefficient (Wildman–Crippen LogP) is 3.57. The van der Waals surface area contributed by atoms with Crippen LogP contribution in [0.3, 0.4) is 0 Å². The maximum Gasteiger partial charge on any atom is 0.133 e. The highest BCUT2D eigenvalue weighted by molar-refractivity contribution is 5.79. The van der Waals surface area contributed by atoms with Crippen molar-refractivity contribution in [2.45, 2.75) is 70.8 Å². The minimum Gasteiger partial charge on any atom is -0.393 e. The largest absolute Gasteiger partial charge is 0.393 e. The number of hydrogen-bond donors (Lipinski definition) is 1. The van der Waals surface area contributed by atoms with Crippen molar-refractivity contribution >= 4 is 5.78 Å². The van der Waals surface area contributed by atoms with Gasteiger partial charge in [-0.3, -0.25) is 4.79 Å². The molecular formula is C18H28O2. The zero-order chi connectivity index (χ0) is 13.9. The summed E-state index contributed by atoms with van der Waals surface area (Å²) in [6.07, 6.45) is 10.2. The summed E-state index contributed by atoms with van der Waals surface area (Å²) in [6.45, 7) is 2.35. The van der Waals surface area contributed by atoms with E-state index < -0.39 is 0 Å². The minimum absolute atomic E-state index is 0.0564. The average Bonchev–Trinajstić information content (AvgIpc) is 2.74. The monoisotopic (exact) mass is 276 g/mol. The molecule has 0 aliphatic heterocycles. The van der Waals surface area contributed by atoms with Gasteiger partial charge in [-0.2, -0.15) is 0 Å². The zero-order valence-electron chi connectivity index (χ0n) is 12.7. The number of hydrogen-bond acceptors (Lipinski definition) is 2. The van der Waals surface area contributed by atoms with E-state index in [0.717, 1.165) is 49.4 Å². The molecule has 0 aromatic rings. The first-order valence-electron chi connectivity index (χ1n) is 8.79. The SMILES string of the molecule is C[C@]12CC[C@H]3[C@H]4CCC(=O)C[C@@H]4CC[C@@H]3[C@@H]1CC[C@@H]2O. The van der Waals surface area contributed by atoms with Gasteiger partial charge in [-0.25, -0.2) is 0 Å². The fourth-order valence-electron chi connectivity index (χ4n) is 6.63. The molecule has 0 spiro atoms. The van der Waals surface area contributed by atoms with Crippen LogP contribution in [0.25, 0.3) is 0 Å². The van der Waals surface area contributed by atoms with Crippen LogP contribution in [-0.4, -0.2) is 17.0 Å². The van der Waals surface area contributed by atoms with Gasteiger partial charge < -0.3 is 5.11 Å². The maximum absolute atomic E-state index is 11.7. The van der Waals surface area contributed by atoms with Gasteiger partial charge in [-0.1, -0.05) is 6.92 Å². The van der Waals surface area contributed by atoms with Gasteiger partial charge in [-0.05, 0) is 80.0 Å². The summed E-state index contributed by atoms with van der Waals surface area (Å²) in [7, 11) is 0. The van der Waals surface area contributed by atoms with E-state index in [1.807, 2.05) is 0 Å². The summed E-state index contributed by atoms with van der Waals surface area (Å²) >= 11 is 0. The minimum atomic E-state index is -0.0564. The lowest BCUT2D eigenvalue weighted by Gasteiger charge is -2.55. The van der Waals surface area contributed by atoms with Crippen molar-refractivity contribution < 1.29 is 9.90 Å². The fourth-order valence-corrected chi connectivity index (χ4v) is 6.63. The lowest BCUT2D eigenvalue weighted by molar-refractivity contribution is -0.128. The Morgan fingerprint density at radius 1 is 1.00 bits per heavy atom. The summed E-state index contributed by atoms with van der Waals surface area (Å²) in [5.41, 5.74) is 0.207. The molecule has 4 saturated carbocycles. The molecule has 0 amide bonds. The number of carbonyl (C=O) groups is 1. The molecule has 112 valence electrons. The average molecular weight is 276 g/mol. The molecule has 0 radical (unpaired) electrons. The summed E-state index contributed by atoms with van der Waals surface area (Å²) in [4.78, 5) is 11.7. The van der Waals surface area contributed by atoms with Crippen molar-refractivity contribution in [2.24, 2.45) is 35.0 Å². The number of aliphatic hydroxyl groups is 1. The van der Waals surface area contributed by atoms with E-state index in [4.69, 9.17) is 0 Å². The third-order valence-corrected chi connectivity index (χ3v) is 7.72. The van der Waals surface area contributed by atoms with Crippen molar-refractivity contribution in [3.05, 3.63) is 0 Å². The van der Waals surface area contributed by atoms with Crippen molar-refractivity contribution in [1.29, 1.82) is 0 Å². The van der Waals surface area contributed by atoms with Crippen LogP contribution >= 0.6 is 0 Å². The van der Waals surface area contributed by atoms with Crippen LogP contribution in [0.1, 0.15) is 64.7 Å². The Balaban J connectivity index is 1.58. The summed E-state index contributed by atoms with van der Waals surface area (Å²) in [5, 5.41) is 10.4. The Hall–Kier alpha value is -0.370. The molecule has 0 saturated heterocycles. The van der Waals surface area contributed by atoms with E-state index in [0.29, 0.717) is 11.7 Å². The number of carbonyl (C=O) groups excluding carboxylic acids is 1. The van der Waals surface area contributed by atoms with Crippen LogP contribution in [0.4, 0.5) is 0 Å². The van der Waals surface area contributed by atoms with Gasteiger partial charge in [0.05, 0.1) is 6.10 Å². The van der Waals surface area contributed by atoms with Crippen molar-refractivity contribution in [2.75, 3.05) is 0 Å². The number of ketones is 1. The number of Topliss-reactive ketones (excluding diaryl/α,β-unsaturated/α-hetero) is 1. The number of fused-ring (bicyclic) bond motifs is 5. The molecule has 4 aliphatic rings. The Kier molecular flexibility index (Phi) is 3.03. The second kappa shape index (κ2) is 4.56. The Morgan fingerprint density at radius 3 is 2.70 bits per heavy atom. The lowest BCUT2D eigenvalue weighted by atomic mass is 9.50. The zero-order valence-corrected chi connectivity index (χ0v) is 12.7. The molecule has 0 unspecified atom stereocenters. The highest BCUT2D eigenvalue weighted by atomic mass is 16.3. The van der Waals surface area contributed by atoms with Gasteiger partial charge in [0.2, 0.25) is 0 Å². The molecule has 7 atom stereocenters. The molecule has 0 heterocycles. The molecule has 2 heteroatoms. The second-order valence-corrected chi connectivity index (χ2v) is 8.35. The third-order valence-electron chi connectivity index (χ3n) is 7.72. The molecule has 4 rings (SSSR count). The van der Waals surface area contributed by atoms with Gasteiger partial charge >= 0.3 is 0 Å². The predicted molar refractivity (Wildman–Crippen MR) is 78.1 cm³/mol. The van der Waals surface area contributed by atoms with Crippen molar-refractivity contribution in [1.82, 2.24) is 0 Å². The summed E-state index contributed by atoms with van der Waals surface area (Å²) in [5.74, 6) is 4.52. The summed E-state index contributed by atoms with van der Waals surface area (Å²) < 4.78 is 0. The first-order valence-corrected chi connectivity index (χ1v) is 8.79. The van der Waals surface area contributed by atoms with Crippen LogP contribution in [0.15, 0.2) is 0 Å². The lowest BCUT2D eigenvalue weighted by Crippen LogP contribution is -2.49. The Morgan fingerprint density at radius 2 is 1.85 bits per heavy atom. The fraction of sp³-hybridized carbons (Fsp3) is 0.944. The Labute approximate surface area is 122 Å². The maximum atomic E-state index is 11.7. The highest BCUT2D eigenvalue weighted by Gasteiger charge is 2.56. The van der Waals surface area contributed by atoms with Gasteiger partial charge in [0, 0.05) is 12.8 Å². The van der Waals surface area contributed by atoms with Crippen molar-refractivity contribution in [3.8, 4) is 0 Å². The Bertz CT molecular complexity index is 418. The standard InChI is InChI=1S/C18H28O2/c1-18-9-8-14-13-5-3-12(19)10-11(13)2-4-15(14)16(18)6-7-17(18)20/h11,13-17,20H,2-10H2,1H3/t11-,13-,14-,15-,16-,17-,18-/m0/s1. The first kappa shape index (κ1) is 13.3. The molecule has 4 aliphatic carbocycles. The topological polar surface area (TPSA) is 37.3 Å². The van der Waals surface area contributed by atoms with Crippen molar-refractivity contribution in [3.63, 3.8) is 0 Å². The van der Waals surface area contributed by atoms with Crippen LogP contribution < -0.4 is 0 Å². The van der Waals surface area contributed by atoms with E-state index in [9.17, 15) is 9.90 Å². The molecule has 0 aromatic heterocycles. The van der Waals surface area contributed by atoms with Crippen LogP contribution in [0.2, 0.25) is 0 Å². The van der Waals surface area contributed by atoms with E-state index in [1.54, 1.807) is 0 Å². The molecule has 0 aromatic carbocycles. The smallest absolute Gasteiger partial charge is 0.133 e. The molecule has 1 N–H and O–H groups in total. The van der Waals surface area contributed by atoms with Gasteiger partial charge in [0.25, 0.3) is 0 Å². The van der Waals surface area contributed by atoms with E-state index in [-0.39, 0.29) is 11.5 Å². The molecular weight excluding hydrogens is 248 g/mol. The van der Waals surface area contributed by atoms with E-state index >= 15 is 0 Å². The number of aliphatic hydroxyl groups excluding tert-OH is 1.